The highest BCUT2D eigenvalue weighted by Gasteiger charge is 2.43. The third-order valence-corrected chi connectivity index (χ3v) is 10.1. The minimum Gasteiger partial charge on any atom is -0.379 e. The Hall–Kier alpha value is -2.82. The summed E-state index contributed by atoms with van der Waals surface area (Å²) in [5.41, 5.74) is 6.19. The van der Waals surface area contributed by atoms with E-state index in [2.05, 4.69) is 19.2 Å². The van der Waals surface area contributed by atoms with E-state index in [0.29, 0.717) is 13.1 Å². The largest absolute Gasteiger partial charge is 0.379 e. The summed E-state index contributed by atoms with van der Waals surface area (Å²) in [6, 6.07) is 9.36. The standard InChI is InChI=1S/C37H62N4O6/c1-11-25(4)33(40(8)36(45)28(24(2)3)22-31(42)37(6,7)38)30(46-9)23-32(43)41-21-15-18-29(41)34(47-10)26(5)35(44)39-20-19-27-16-13-12-14-17-27/h12-14,16-17,24-26,28-30,33-34H,11,15,18-23,38H2,1-10H3,(H,39,44)/t25-,26+,28-,29-,30+,33-,34+/m0/s1. The minimum atomic E-state index is -1.03. The fourth-order valence-electron chi connectivity index (χ4n) is 6.77. The van der Waals surface area contributed by atoms with E-state index in [1.54, 1.807) is 40.0 Å². The van der Waals surface area contributed by atoms with E-state index in [1.807, 2.05) is 56.0 Å². The number of carbonyl (C=O) groups excluding carboxylic acids is 4. The van der Waals surface area contributed by atoms with Crippen molar-refractivity contribution >= 4 is 23.5 Å². The molecule has 0 aromatic heterocycles. The molecule has 0 saturated carbocycles. The van der Waals surface area contributed by atoms with E-state index in [1.165, 1.54) is 0 Å². The monoisotopic (exact) mass is 658 g/mol. The van der Waals surface area contributed by atoms with Gasteiger partial charge in [-0.15, -0.1) is 0 Å². The molecule has 266 valence electrons. The number of hydrogen-bond acceptors (Lipinski definition) is 7. The summed E-state index contributed by atoms with van der Waals surface area (Å²) in [4.78, 5) is 57.5. The lowest BCUT2D eigenvalue weighted by Crippen LogP contribution is -2.54. The second-order valence-corrected chi connectivity index (χ2v) is 14.3. The number of ketones is 1. The number of benzene rings is 1. The molecule has 1 fully saturated rings. The zero-order valence-electron chi connectivity index (χ0n) is 30.6. The Labute approximate surface area is 283 Å². The normalized spacial score (nSPS) is 19.1. The van der Waals surface area contributed by atoms with Gasteiger partial charge in [0.1, 0.15) is 0 Å². The summed E-state index contributed by atoms with van der Waals surface area (Å²) < 4.78 is 11.9. The topological polar surface area (TPSA) is 131 Å². The van der Waals surface area contributed by atoms with Crippen LogP contribution in [0.3, 0.4) is 0 Å². The number of likely N-dealkylation sites (tertiary alicyclic amines) is 1. The molecule has 7 atom stereocenters. The van der Waals surface area contributed by atoms with E-state index >= 15 is 0 Å². The Bertz CT molecular complexity index is 1150. The maximum atomic E-state index is 14.0. The number of nitrogens with one attached hydrogen (secondary N) is 1. The number of likely N-dealkylation sites (N-methyl/N-ethyl adjacent to an activating group) is 1. The summed E-state index contributed by atoms with van der Waals surface area (Å²) in [7, 11) is 4.92. The van der Waals surface area contributed by atoms with Gasteiger partial charge in [0.05, 0.1) is 42.2 Å². The second-order valence-electron chi connectivity index (χ2n) is 14.3. The number of Topliss-reactive ketones (excluding diaryl/α,β-unsaturated/α-hetero) is 1. The molecule has 2 rings (SSSR count). The van der Waals surface area contributed by atoms with Crippen molar-refractivity contribution in [3.63, 3.8) is 0 Å². The molecule has 0 aliphatic carbocycles. The number of hydrogen-bond donors (Lipinski definition) is 2. The van der Waals surface area contributed by atoms with Gasteiger partial charge in [-0.1, -0.05) is 71.4 Å². The maximum absolute atomic E-state index is 14.0. The number of nitrogens with zero attached hydrogens (tertiary/aromatic N) is 2. The van der Waals surface area contributed by atoms with Crippen LogP contribution in [0.5, 0.6) is 0 Å². The van der Waals surface area contributed by atoms with E-state index in [9.17, 15) is 19.2 Å². The van der Waals surface area contributed by atoms with Crippen molar-refractivity contribution in [3.05, 3.63) is 35.9 Å². The summed E-state index contributed by atoms with van der Waals surface area (Å²) in [5.74, 6) is -1.56. The number of ether oxygens (including phenoxy) is 2. The first-order valence-corrected chi connectivity index (χ1v) is 17.3. The molecule has 1 aromatic carbocycles. The van der Waals surface area contributed by atoms with Gasteiger partial charge in [0, 0.05) is 46.7 Å². The molecular weight excluding hydrogens is 596 g/mol. The van der Waals surface area contributed by atoms with Gasteiger partial charge in [-0.2, -0.15) is 0 Å². The average molecular weight is 659 g/mol. The van der Waals surface area contributed by atoms with Crippen LogP contribution in [0.15, 0.2) is 30.3 Å². The number of carbonyl (C=O) groups is 4. The summed E-state index contributed by atoms with van der Waals surface area (Å²) >= 11 is 0. The lowest BCUT2D eigenvalue weighted by atomic mass is 9.83. The van der Waals surface area contributed by atoms with Gasteiger partial charge >= 0.3 is 0 Å². The van der Waals surface area contributed by atoms with Gasteiger partial charge in [0.2, 0.25) is 17.7 Å². The van der Waals surface area contributed by atoms with Gasteiger partial charge in [-0.25, -0.2) is 0 Å². The molecule has 1 heterocycles. The Balaban J connectivity index is 2.19. The van der Waals surface area contributed by atoms with Crippen LogP contribution in [-0.4, -0.2) is 97.5 Å². The summed E-state index contributed by atoms with van der Waals surface area (Å²) in [6.07, 6.45) is 2.15. The van der Waals surface area contributed by atoms with E-state index < -0.39 is 35.6 Å². The molecule has 0 bridgehead atoms. The number of rotatable bonds is 19. The predicted octanol–water partition coefficient (Wildman–Crippen LogP) is 4.23. The maximum Gasteiger partial charge on any atom is 0.226 e. The number of nitrogens with two attached hydrogens (primary N) is 1. The molecule has 3 amide bonds. The van der Waals surface area contributed by atoms with Gasteiger partial charge < -0.3 is 30.3 Å². The third kappa shape index (κ3) is 11.1. The van der Waals surface area contributed by atoms with Crippen molar-refractivity contribution in [1.82, 2.24) is 15.1 Å². The van der Waals surface area contributed by atoms with Crippen molar-refractivity contribution in [2.24, 2.45) is 29.4 Å². The smallest absolute Gasteiger partial charge is 0.226 e. The van der Waals surface area contributed by atoms with Crippen molar-refractivity contribution < 1.29 is 28.7 Å². The molecule has 47 heavy (non-hydrogen) atoms. The average Bonchev–Trinajstić information content (AvgIpc) is 3.52. The Morgan fingerprint density at radius 2 is 1.68 bits per heavy atom. The highest BCUT2D eigenvalue weighted by atomic mass is 16.5. The molecule has 10 nitrogen and oxygen atoms in total. The van der Waals surface area contributed by atoms with E-state index in [-0.39, 0.29) is 54.2 Å². The highest BCUT2D eigenvalue weighted by Crippen LogP contribution is 2.30. The molecule has 1 aliphatic rings. The molecule has 3 N–H and O–H groups in total. The first-order valence-electron chi connectivity index (χ1n) is 17.3. The van der Waals surface area contributed by atoms with Crippen LogP contribution in [0.4, 0.5) is 0 Å². The molecule has 0 radical (unpaired) electrons. The number of amides is 3. The molecular formula is C37H62N4O6. The van der Waals surface area contributed by atoms with Gasteiger partial charge in [-0.3, -0.25) is 19.2 Å². The van der Waals surface area contributed by atoms with Crippen LogP contribution in [0.1, 0.15) is 86.1 Å². The molecule has 0 spiro atoms. The third-order valence-electron chi connectivity index (χ3n) is 10.1. The zero-order chi connectivity index (χ0) is 35.5. The van der Waals surface area contributed by atoms with Crippen LogP contribution in [0, 0.1) is 23.7 Å². The quantitative estimate of drug-likeness (QED) is 0.227. The Morgan fingerprint density at radius 1 is 1.04 bits per heavy atom. The van der Waals surface area contributed by atoms with E-state index in [0.717, 1.165) is 31.2 Å². The van der Waals surface area contributed by atoms with Crippen LogP contribution < -0.4 is 11.1 Å². The van der Waals surface area contributed by atoms with Crippen molar-refractivity contribution in [2.45, 2.75) is 117 Å². The van der Waals surface area contributed by atoms with Crippen molar-refractivity contribution in [2.75, 3.05) is 34.4 Å². The fourth-order valence-corrected chi connectivity index (χ4v) is 6.77. The van der Waals surface area contributed by atoms with Gasteiger partial charge in [0.25, 0.3) is 0 Å². The van der Waals surface area contributed by atoms with Crippen molar-refractivity contribution in [1.29, 1.82) is 0 Å². The molecule has 1 saturated heterocycles. The molecule has 1 aliphatic heterocycles. The molecule has 10 heteroatoms. The SMILES string of the molecule is CC[C@H](C)[C@@H]([C@@H](CC(=O)N1CCC[C@H]1[C@H](OC)[C@@H](C)C(=O)NCCc1ccccc1)OC)N(C)C(=O)[C@@H](CC(=O)C(C)(C)N)C(C)C. The van der Waals surface area contributed by atoms with Crippen LogP contribution >= 0.6 is 0 Å². The fraction of sp³-hybridized carbons (Fsp3) is 0.730. The van der Waals surface area contributed by atoms with Gasteiger partial charge in [0.15, 0.2) is 5.78 Å². The lowest BCUT2D eigenvalue weighted by Gasteiger charge is -2.41. The van der Waals surface area contributed by atoms with E-state index in [4.69, 9.17) is 15.2 Å². The second kappa shape index (κ2) is 18.7. The van der Waals surface area contributed by atoms with Gasteiger partial charge in [-0.05, 0) is 50.5 Å². The minimum absolute atomic E-state index is 0.0249. The zero-order valence-corrected chi connectivity index (χ0v) is 30.6. The van der Waals surface area contributed by atoms with Crippen molar-refractivity contribution in [3.8, 4) is 0 Å². The summed E-state index contributed by atoms with van der Waals surface area (Å²) in [5, 5.41) is 3.04. The predicted molar refractivity (Wildman–Crippen MR) is 185 cm³/mol. The Morgan fingerprint density at radius 3 is 2.21 bits per heavy atom. The molecule has 1 aromatic rings. The first kappa shape index (κ1) is 40.4. The highest BCUT2D eigenvalue weighted by molar-refractivity contribution is 5.92. The van der Waals surface area contributed by atoms with Crippen LogP contribution in [0.25, 0.3) is 0 Å². The first-order chi connectivity index (χ1) is 22.1. The lowest BCUT2D eigenvalue weighted by molar-refractivity contribution is -0.149. The number of methoxy groups -OCH3 is 2. The van der Waals surface area contributed by atoms with Crippen LogP contribution in [0.2, 0.25) is 0 Å². The van der Waals surface area contributed by atoms with Crippen LogP contribution in [-0.2, 0) is 35.1 Å². The summed E-state index contributed by atoms with van der Waals surface area (Å²) in [6.45, 7) is 14.2. The molecule has 0 unspecified atom stereocenters. The Kier molecular flexibility index (Phi) is 16.0.